The summed E-state index contributed by atoms with van der Waals surface area (Å²) in [5, 5.41) is 3.00. The molecule has 0 saturated carbocycles. The average Bonchev–Trinajstić information content (AvgIpc) is 2.76. The van der Waals surface area contributed by atoms with Gasteiger partial charge >= 0.3 is 0 Å². The van der Waals surface area contributed by atoms with E-state index in [9.17, 15) is 9.59 Å². The average molecular weight is 453 g/mol. The van der Waals surface area contributed by atoms with Crippen LogP contribution in [0.4, 0.5) is 0 Å². The summed E-state index contributed by atoms with van der Waals surface area (Å²) in [6, 6.07) is 15.2. The summed E-state index contributed by atoms with van der Waals surface area (Å²) >= 11 is 0. The maximum atomic E-state index is 13.5. The number of amides is 2. The molecule has 2 aromatic rings. The van der Waals surface area contributed by atoms with E-state index < -0.39 is 6.04 Å². The highest BCUT2D eigenvalue weighted by Gasteiger charge is 2.29. The normalized spacial score (nSPS) is 12.4. The summed E-state index contributed by atoms with van der Waals surface area (Å²) < 4.78 is 6.02. The second-order valence-electron chi connectivity index (χ2n) is 10.0. The van der Waals surface area contributed by atoms with Gasteiger partial charge in [-0.25, -0.2) is 0 Å². The van der Waals surface area contributed by atoms with E-state index in [0.29, 0.717) is 31.2 Å². The number of nitrogens with one attached hydrogen (secondary N) is 1. The predicted molar refractivity (Wildman–Crippen MR) is 134 cm³/mol. The fraction of sp³-hybridized carbons (Fsp3) is 0.500. The summed E-state index contributed by atoms with van der Waals surface area (Å²) in [7, 11) is 0. The van der Waals surface area contributed by atoms with Crippen molar-refractivity contribution >= 4 is 11.8 Å². The van der Waals surface area contributed by atoms with Gasteiger partial charge < -0.3 is 15.0 Å². The van der Waals surface area contributed by atoms with Gasteiger partial charge in [-0.2, -0.15) is 0 Å². The van der Waals surface area contributed by atoms with E-state index in [1.807, 2.05) is 62.4 Å². The summed E-state index contributed by atoms with van der Waals surface area (Å²) in [4.78, 5) is 28.1. The first-order chi connectivity index (χ1) is 15.5. The zero-order chi connectivity index (χ0) is 24.6. The van der Waals surface area contributed by atoms with Gasteiger partial charge in [0.15, 0.2) is 6.61 Å². The summed E-state index contributed by atoms with van der Waals surface area (Å²) in [5.74, 6) is 0.715. The lowest BCUT2D eigenvalue weighted by atomic mass is 9.86. The fourth-order valence-electron chi connectivity index (χ4n) is 3.75. The van der Waals surface area contributed by atoms with Crippen LogP contribution in [-0.2, 0) is 21.5 Å². The number of ether oxygens (including phenoxy) is 1. The Kier molecular flexibility index (Phi) is 9.51. The first-order valence-electron chi connectivity index (χ1n) is 11.9. The molecule has 33 heavy (non-hydrogen) atoms. The SMILES string of the molecule is CCC(C(=O)NCC(C)C)N(Cc1ccccc1C)C(=O)COc1ccccc1C(C)(C)C. The van der Waals surface area contributed by atoms with Gasteiger partial charge in [0.1, 0.15) is 11.8 Å². The fourth-order valence-corrected chi connectivity index (χ4v) is 3.75. The summed E-state index contributed by atoms with van der Waals surface area (Å²) in [6.45, 7) is 15.2. The second kappa shape index (κ2) is 11.9. The monoisotopic (exact) mass is 452 g/mol. The third-order valence-corrected chi connectivity index (χ3v) is 5.72. The molecule has 1 N–H and O–H groups in total. The molecule has 0 spiro atoms. The lowest BCUT2D eigenvalue weighted by molar-refractivity contribution is -0.143. The number of aryl methyl sites for hydroxylation is 1. The van der Waals surface area contributed by atoms with Crippen LogP contribution in [-0.4, -0.2) is 35.9 Å². The highest BCUT2D eigenvalue weighted by molar-refractivity contribution is 5.88. The number of benzene rings is 2. The van der Waals surface area contributed by atoms with E-state index >= 15 is 0 Å². The van der Waals surface area contributed by atoms with Gasteiger partial charge in [-0.15, -0.1) is 0 Å². The molecule has 0 aliphatic carbocycles. The molecule has 1 unspecified atom stereocenters. The highest BCUT2D eigenvalue weighted by Crippen LogP contribution is 2.31. The van der Waals surface area contributed by atoms with E-state index in [1.54, 1.807) is 4.90 Å². The molecule has 5 heteroatoms. The Morgan fingerprint density at radius 2 is 1.67 bits per heavy atom. The van der Waals surface area contributed by atoms with Crippen LogP contribution in [0.5, 0.6) is 5.75 Å². The quantitative estimate of drug-likeness (QED) is 0.536. The molecule has 0 bridgehead atoms. The second-order valence-corrected chi connectivity index (χ2v) is 10.0. The number of hydrogen-bond acceptors (Lipinski definition) is 3. The molecule has 0 saturated heterocycles. The van der Waals surface area contributed by atoms with Gasteiger partial charge in [0.2, 0.25) is 5.91 Å². The van der Waals surface area contributed by atoms with E-state index in [0.717, 1.165) is 16.7 Å². The molecule has 2 aromatic carbocycles. The van der Waals surface area contributed by atoms with Crippen molar-refractivity contribution < 1.29 is 14.3 Å². The zero-order valence-corrected chi connectivity index (χ0v) is 21.3. The Morgan fingerprint density at radius 1 is 1.03 bits per heavy atom. The Hall–Kier alpha value is -2.82. The highest BCUT2D eigenvalue weighted by atomic mass is 16.5. The molecule has 0 aliphatic heterocycles. The van der Waals surface area contributed by atoms with E-state index in [2.05, 4.69) is 39.9 Å². The van der Waals surface area contributed by atoms with Gasteiger partial charge in [-0.1, -0.05) is 84.0 Å². The lowest BCUT2D eigenvalue weighted by Gasteiger charge is -2.31. The molecular formula is C28H40N2O3. The van der Waals surface area contributed by atoms with Crippen molar-refractivity contribution in [1.82, 2.24) is 10.2 Å². The maximum Gasteiger partial charge on any atom is 0.261 e. The molecule has 1 atom stereocenters. The number of nitrogens with zero attached hydrogens (tertiary/aromatic N) is 1. The minimum atomic E-state index is -0.558. The van der Waals surface area contributed by atoms with Gasteiger partial charge in [-0.3, -0.25) is 9.59 Å². The van der Waals surface area contributed by atoms with Crippen molar-refractivity contribution in [3.8, 4) is 5.75 Å². The Balaban J connectivity index is 2.28. The number of para-hydroxylation sites is 1. The topological polar surface area (TPSA) is 58.6 Å². The smallest absolute Gasteiger partial charge is 0.261 e. The first kappa shape index (κ1) is 26.4. The van der Waals surface area contributed by atoms with E-state index in [-0.39, 0.29) is 23.8 Å². The third-order valence-electron chi connectivity index (χ3n) is 5.72. The molecule has 2 rings (SSSR count). The molecule has 0 aromatic heterocycles. The molecule has 180 valence electrons. The molecule has 2 amide bonds. The van der Waals surface area contributed by atoms with Crippen LogP contribution in [0.15, 0.2) is 48.5 Å². The number of carbonyl (C=O) groups excluding carboxylic acids is 2. The van der Waals surface area contributed by atoms with Crippen molar-refractivity contribution in [3.05, 3.63) is 65.2 Å². The molecule has 5 nitrogen and oxygen atoms in total. The van der Waals surface area contributed by atoms with Crippen molar-refractivity contribution in [2.24, 2.45) is 5.92 Å². The Morgan fingerprint density at radius 3 is 2.27 bits per heavy atom. The van der Waals surface area contributed by atoms with Gasteiger partial charge in [-0.05, 0) is 47.4 Å². The molecule has 0 radical (unpaired) electrons. The van der Waals surface area contributed by atoms with Crippen LogP contribution in [0.2, 0.25) is 0 Å². The van der Waals surface area contributed by atoms with Crippen molar-refractivity contribution in [1.29, 1.82) is 0 Å². The van der Waals surface area contributed by atoms with Gasteiger partial charge in [0, 0.05) is 13.1 Å². The third kappa shape index (κ3) is 7.62. The number of hydrogen-bond donors (Lipinski definition) is 1. The molecule has 0 fully saturated rings. The predicted octanol–water partition coefficient (Wildman–Crippen LogP) is 5.25. The molecule has 0 heterocycles. The first-order valence-corrected chi connectivity index (χ1v) is 11.9. The van der Waals surface area contributed by atoms with E-state index in [1.165, 1.54) is 0 Å². The molecule has 0 aliphatic rings. The Labute approximate surface area is 199 Å². The van der Waals surface area contributed by atoms with Crippen LogP contribution in [0.3, 0.4) is 0 Å². The molecular weight excluding hydrogens is 412 g/mol. The van der Waals surface area contributed by atoms with E-state index in [4.69, 9.17) is 4.74 Å². The minimum absolute atomic E-state index is 0.108. The van der Waals surface area contributed by atoms with Crippen LogP contribution in [0.1, 0.15) is 64.7 Å². The standard InChI is InChI=1S/C28H40N2O3/c1-8-24(27(32)29-17-20(2)3)30(18-22-14-10-9-13-21(22)4)26(31)19-33-25-16-12-11-15-23(25)28(5,6)7/h9-16,20,24H,8,17-19H2,1-7H3,(H,29,32). The van der Waals surface area contributed by atoms with Gasteiger partial charge in [0.25, 0.3) is 5.91 Å². The largest absolute Gasteiger partial charge is 0.483 e. The van der Waals surface area contributed by atoms with Crippen LogP contribution < -0.4 is 10.1 Å². The van der Waals surface area contributed by atoms with Crippen LogP contribution in [0, 0.1) is 12.8 Å². The maximum absolute atomic E-state index is 13.5. The van der Waals surface area contributed by atoms with Crippen molar-refractivity contribution in [2.45, 2.75) is 72.9 Å². The van der Waals surface area contributed by atoms with Gasteiger partial charge in [0.05, 0.1) is 0 Å². The summed E-state index contributed by atoms with van der Waals surface area (Å²) in [6.07, 6.45) is 0.528. The van der Waals surface area contributed by atoms with Crippen molar-refractivity contribution in [3.63, 3.8) is 0 Å². The number of carbonyl (C=O) groups is 2. The Bertz CT molecular complexity index is 931. The van der Waals surface area contributed by atoms with Crippen LogP contribution in [0.25, 0.3) is 0 Å². The summed E-state index contributed by atoms with van der Waals surface area (Å²) in [5.41, 5.74) is 3.05. The number of rotatable bonds is 10. The zero-order valence-electron chi connectivity index (χ0n) is 21.3. The van der Waals surface area contributed by atoms with Crippen LogP contribution >= 0.6 is 0 Å². The lowest BCUT2D eigenvalue weighted by Crippen LogP contribution is -2.50. The minimum Gasteiger partial charge on any atom is -0.483 e. The van der Waals surface area contributed by atoms with Crippen molar-refractivity contribution in [2.75, 3.05) is 13.2 Å².